The van der Waals surface area contributed by atoms with E-state index >= 15 is 0 Å². The molecule has 0 saturated carbocycles. The average Bonchev–Trinajstić information content (AvgIpc) is 3.10. The minimum Gasteiger partial charge on any atom is -0.423 e. The van der Waals surface area contributed by atoms with Crippen molar-refractivity contribution in [1.82, 2.24) is 9.97 Å². The molecule has 0 bridgehead atoms. The fourth-order valence-electron chi connectivity index (χ4n) is 4.12. The van der Waals surface area contributed by atoms with E-state index in [1.807, 2.05) is 36.9 Å². The van der Waals surface area contributed by atoms with Gasteiger partial charge in [0, 0.05) is 35.1 Å². The molecule has 1 amide bonds. The van der Waals surface area contributed by atoms with Crippen molar-refractivity contribution in [3.8, 4) is 0 Å². The number of benzene rings is 2. The number of carbonyl (C=O) groups is 1. The number of carbonyl (C=O) groups excluding carboxylic acids is 1. The number of nitrogens with two attached hydrogens (primary N) is 1. The van der Waals surface area contributed by atoms with Crippen LogP contribution in [0.3, 0.4) is 0 Å². The molecule has 0 aliphatic carbocycles. The standard InChI is InChI=1S/C23H26BN5O3/c1-13-10-19-18(21(25)30)8-5-9-20(19)29(13)23-27-15(3)14(2)22(28-23)26-12-16-6-4-7-17(11-16)24(31)32/h4-9,11,13,31-32H,10,12H2,1-3H3,(H2,25,30)(H,26,27,28). The predicted molar refractivity (Wildman–Crippen MR) is 125 cm³/mol. The molecule has 0 spiro atoms. The van der Waals surface area contributed by atoms with Gasteiger partial charge in [0.15, 0.2) is 0 Å². The van der Waals surface area contributed by atoms with Crippen LogP contribution in [0, 0.1) is 13.8 Å². The Morgan fingerprint density at radius 3 is 2.69 bits per heavy atom. The van der Waals surface area contributed by atoms with Crippen molar-refractivity contribution in [2.75, 3.05) is 10.2 Å². The Morgan fingerprint density at radius 2 is 1.97 bits per heavy atom. The number of aromatic nitrogens is 2. The Labute approximate surface area is 187 Å². The molecule has 1 aliphatic rings. The Balaban J connectivity index is 1.66. The third-order valence-electron chi connectivity index (χ3n) is 5.92. The van der Waals surface area contributed by atoms with Crippen molar-refractivity contribution in [3.05, 3.63) is 70.4 Å². The highest BCUT2D eigenvalue weighted by Crippen LogP contribution is 2.39. The van der Waals surface area contributed by atoms with Crippen molar-refractivity contribution in [2.45, 2.75) is 39.8 Å². The Kier molecular flexibility index (Phi) is 5.86. The molecule has 9 heteroatoms. The largest absolute Gasteiger partial charge is 0.488 e. The van der Waals surface area contributed by atoms with Gasteiger partial charge in [-0.15, -0.1) is 0 Å². The summed E-state index contributed by atoms with van der Waals surface area (Å²) in [7, 11) is -1.51. The number of nitrogens with one attached hydrogen (secondary N) is 1. The van der Waals surface area contributed by atoms with Crippen molar-refractivity contribution >= 4 is 35.9 Å². The first kappa shape index (κ1) is 21.8. The lowest BCUT2D eigenvalue weighted by Gasteiger charge is -2.24. The van der Waals surface area contributed by atoms with E-state index in [0.29, 0.717) is 35.8 Å². The maximum Gasteiger partial charge on any atom is 0.488 e. The Bertz CT molecular complexity index is 1180. The van der Waals surface area contributed by atoms with Crippen LogP contribution in [0.15, 0.2) is 42.5 Å². The second-order valence-electron chi connectivity index (χ2n) is 8.15. The van der Waals surface area contributed by atoms with Crippen LogP contribution < -0.4 is 21.4 Å². The predicted octanol–water partition coefficient (Wildman–Crippen LogP) is 1.57. The van der Waals surface area contributed by atoms with E-state index in [0.717, 1.165) is 28.1 Å². The zero-order valence-electron chi connectivity index (χ0n) is 18.3. The van der Waals surface area contributed by atoms with E-state index in [1.165, 1.54) is 0 Å². The number of nitrogens with zero attached hydrogens (tertiary/aromatic N) is 3. The van der Waals surface area contributed by atoms with Gasteiger partial charge in [-0.1, -0.05) is 30.3 Å². The normalized spacial score (nSPS) is 14.9. The number of aryl methyl sites for hydroxylation is 1. The van der Waals surface area contributed by atoms with Gasteiger partial charge in [-0.3, -0.25) is 4.79 Å². The number of primary amides is 1. The number of fused-ring (bicyclic) bond motifs is 1. The summed E-state index contributed by atoms with van der Waals surface area (Å²) in [5, 5.41) is 22.2. The molecule has 5 N–H and O–H groups in total. The summed E-state index contributed by atoms with van der Waals surface area (Å²) >= 11 is 0. The first-order valence-electron chi connectivity index (χ1n) is 10.5. The molecule has 32 heavy (non-hydrogen) atoms. The molecule has 0 fully saturated rings. The first-order valence-corrected chi connectivity index (χ1v) is 10.5. The summed E-state index contributed by atoms with van der Waals surface area (Å²) in [6.45, 7) is 6.44. The number of hydrogen-bond acceptors (Lipinski definition) is 7. The van der Waals surface area contributed by atoms with Gasteiger partial charge in [-0.05, 0) is 55.9 Å². The second kappa shape index (κ2) is 8.60. The Hall–Kier alpha value is -3.43. The van der Waals surface area contributed by atoms with Crippen molar-refractivity contribution in [1.29, 1.82) is 0 Å². The smallest absolute Gasteiger partial charge is 0.423 e. The first-order chi connectivity index (χ1) is 15.3. The van der Waals surface area contributed by atoms with Gasteiger partial charge >= 0.3 is 7.12 Å². The minimum atomic E-state index is -1.51. The van der Waals surface area contributed by atoms with Crippen LogP contribution in [0.25, 0.3) is 0 Å². The van der Waals surface area contributed by atoms with Crippen LogP contribution in [0.1, 0.15) is 39.7 Å². The van der Waals surface area contributed by atoms with Crippen molar-refractivity contribution in [2.24, 2.45) is 5.73 Å². The third-order valence-corrected chi connectivity index (χ3v) is 5.92. The molecule has 164 valence electrons. The zero-order chi connectivity index (χ0) is 23.0. The van der Waals surface area contributed by atoms with E-state index in [4.69, 9.17) is 15.7 Å². The second-order valence-corrected chi connectivity index (χ2v) is 8.15. The van der Waals surface area contributed by atoms with E-state index in [1.54, 1.807) is 24.3 Å². The molecule has 2 heterocycles. The Morgan fingerprint density at radius 1 is 1.22 bits per heavy atom. The molecule has 3 aromatic rings. The summed E-state index contributed by atoms with van der Waals surface area (Å²) in [5.74, 6) is 0.826. The van der Waals surface area contributed by atoms with Crippen molar-refractivity contribution < 1.29 is 14.8 Å². The van der Waals surface area contributed by atoms with Crippen LogP contribution >= 0.6 is 0 Å². The van der Waals surface area contributed by atoms with Crippen LogP contribution in [-0.2, 0) is 13.0 Å². The number of amides is 1. The number of anilines is 3. The molecular formula is C23H26BN5O3. The summed E-state index contributed by atoms with van der Waals surface area (Å²) in [5.41, 5.74) is 11.1. The monoisotopic (exact) mass is 431 g/mol. The van der Waals surface area contributed by atoms with Gasteiger partial charge < -0.3 is 26.0 Å². The topological polar surface area (TPSA) is 125 Å². The maximum absolute atomic E-state index is 11.9. The third kappa shape index (κ3) is 4.04. The zero-order valence-corrected chi connectivity index (χ0v) is 18.3. The summed E-state index contributed by atoms with van der Waals surface area (Å²) < 4.78 is 0. The average molecular weight is 431 g/mol. The fourth-order valence-corrected chi connectivity index (χ4v) is 4.12. The molecule has 2 aromatic carbocycles. The molecule has 1 atom stereocenters. The van der Waals surface area contributed by atoms with E-state index in [-0.39, 0.29) is 6.04 Å². The van der Waals surface area contributed by atoms with Crippen LogP contribution in [0.4, 0.5) is 17.5 Å². The molecule has 1 aromatic heterocycles. The molecular weight excluding hydrogens is 405 g/mol. The fraction of sp³-hybridized carbons (Fsp3) is 0.261. The van der Waals surface area contributed by atoms with Gasteiger partial charge in [0.25, 0.3) is 0 Å². The van der Waals surface area contributed by atoms with Gasteiger partial charge in [0.1, 0.15) is 5.82 Å². The lowest BCUT2D eigenvalue weighted by Crippen LogP contribution is -2.30. The lowest BCUT2D eigenvalue weighted by molar-refractivity contribution is 0.0999. The minimum absolute atomic E-state index is 0.0724. The molecule has 1 aliphatic heterocycles. The lowest BCUT2D eigenvalue weighted by atomic mass is 9.80. The highest BCUT2D eigenvalue weighted by molar-refractivity contribution is 6.58. The van der Waals surface area contributed by atoms with Gasteiger partial charge in [-0.25, -0.2) is 4.98 Å². The SMILES string of the molecule is Cc1nc(N2c3cccc(C(N)=O)c3CC2C)nc(NCc2cccc(B(O)O)c2)c1C. The molecule has 0 radical (unpaired) electrons. The van der Waals surface area contributed by atoms with Crippen molar-refractivity contribution in [3.63, 3.8) is 0 Å². The van der Waals surface area contributed by atoms with E-state index in [9.17, 15) is 14.8 Å². The molecule has 1 unspecified atom stereocenters. The summed E-state index contributed by atoms with van der Waals surface area (Å²) in [6.07, 6.45) is 0.684. The van der Waals surface area contributed by atoms with E-state index < -0.39 is 13.0 Å². The molecule has 4 rings (SSSR count). The molecule has 0 saturated heterocycles. The van der Waals surface area contributed by atoms with Crippen LogP contribution in [0.2, 0.25) is 0 Å². The summed E-state index contributed by atoms with van der Waals surface area (Å²) in [6, 6.07) is 12.7. The van der Waals surface area contributed by atoms with E-state index in [2.05, 4.69) is 12.2 Å². The molecule has 8 nitrogen and oxygen atoms in total. The quantitative estimate of drug-likeness (QED) is 0.437. The highest BCUT2D eigenvalue weighted by Gasteiger charge is 2.32. The summed E-state index contributed by atoms with van der Waals surface area (Å²) in [4.78, 5) is 23.4. The van der Waals surface area contributed by atoms with Crippen LogP contribution in [-0.4, -0.2) is 39.1 Å². The van der Waals surface area contributed by atoms with Crippen LogP contribution in [0.5, 0.6) is 0 Å². The number of hydrogen-bond donors (Lipinski definition) is 4. The van der Waals surface area contributed by atoms with Gasteiger partial charge in [0.05, 0.1) is 0 Å². The van der Waals surface area contributed by atoms with Gasteiger partial charge in [0.2, 0.25) is 11.9 Å². The van der Waals surface area contributed by atoms with Gasteiger partial charge in [-0.2, -0.15) is 4.98 Å². The highest BCUT2D eigenvalue weighted by atomic mass is 16.4. The number of rotatable bonds is 6. The maximum atomic E-state index is 11.9.